The molecule has 0 spiro atoms. The highest BCUT2D eigenvalue weighted by Gasteiger charge is 2.31. The normalized spacial score (nSPS) is 11.4. The van der Waals surface area contributed by atoms with E-state index in [1.807, 2.05) is 0 Å². The van der Waals surface area contributed by atoms with Crippen molar-refractivity contribution in [1.82, 2.24) is 20.2 Å². The number of amides is 1. The third-order valence-electron chi connectivity index (χ3n) is 3.27. The van der Waals surface area contributed by atoms with Crippen LogP contribution in [0.4, 0.5) is 18.9 Å². The van der Waals surface area contributed by atoms with Crippen molar-refractivity contribution in [3.05, 3.63) is 53.2 Å². The summed E-state index contributed by atoms with van der Waals surface area (Å²) in [5.74, 6) is -0.198. The molecule has 0 aliphatic carbocycles. The summed E-state index contributed by atoms with van der Waals surface area (Å²) in [5, 5.41) is 9.35. The van der Waals surface area contributed by atoms with E-state index in [1.54, 1.807) is 24.4 Å². The molecule has 0 radical (unpaired) electrons. The Hall–Kier alpha value is -2.59. The lowest BCUT2D eigenvalue weighted by Crippen LogP contribution is -2.15. The van der Waals surface area contributed by atoms with Gasteiger partial charge in [-0.2, -0.15) is 18.2 Å². The maximum Gasteiger partial charge on any atom is 0.416 e. The fraction of sp³-hybridized carbons (Fsp3) is 0.125. The number of nitrogens with zero attached hydrogens (tertiary/aromatic N) is 3. The Morgan fingerprint density at radius 1 is 1.26 bits per heavy atom. The van der Waals surface area contributed by atoms with Gasteiger partial charge in [-0.3, -0.25) is 14.9 Å². The zero-order chi connectivity index (χ0) is 19.4. The van der Waals surface area contributed by atoms with Crippen LogP contribution in [0.1, 0.15) is 5.56 Å². The van der Waals surface area contributed by atoms with Crippen molar-refractivity contribution in [1.29, 1.82) is 0 Å². The van der Waals surface area contributed by atoms with E-state index in [9.17, 15) is 18.0 Å². The van der Waals surface area contributed by atoms with Crippen LogP contribution < -0.4 is 5.32 Å². The van der Waals surface area contributed by atoms with Gasteiger partial charge in [0.2, 0.25) is 11.1 Å². The molecule has 3 rings (SSSR count). The molecule has 0 aliphatic rings. The largest absolute Gasteiger partial charge is 0.416 e. The number of carbonyl (C=O) groups excluding carboxylic acids is 1. The van der Waals surface area contributed by atoms with E-state index in [4.69, 9.17) is 11.6 Å². The number of hydrogen-bond donors (Lipinski definition) is 2. The minimum Gasteiger partial charge on any atom is -0.324 e. The number of thioether (sulfide) groups is 1. The first kappa shape index (κ1) is 19.2. The molecule has 11 heteroatoms. The van der Waals surface area contributed by atoms with Crippen LogP contribution in [0.25, 0.3) is 11.5 Å². The number of H-pyrrole nitrogens is 1. The lowest BCUT2D eigenvalue weighted by atomic mass is 10.2. The average molecular weight is 414 g/mol. The summed E-state index contributed by atoms with van der Waals surface area (Å²) in [6.07, 6.45) is -2.92. The van der Waals surface area contributed by atoms with Gasteiger partial charge in [0.25, 0.3) is 0 Å². The van der Waals surface area contributed by atoms with Crippen LogP contribution in [0.2, 0.25) is 5.02 Å². The van der Waals surface area contributed by atoms with Gasteiger partial charge < -0.3 is 5.32 Å². The summed E-state index contributed by atoms with van der Waals surface area (Å²) in [6.45, 7) is 0. The highest BCUT2D eigenvalue weighted by atomic mass is 35.5. The predicted octanol–water partition coefficient (Wildman–Crippen LogP) is 4.27. The molecule has 0 atom stereocenters. The highest BCUT2D eigenvalue weighted by molar-refractivity contribution is 7.99. The van der Waals surface area contributed by atoms with Crippen LogP contribution in [0, 0.1) is 0 Å². The molecule has 0 bridgehead atoms. The molecule has 0 unspecified atom stereocenters. The molecular formula is C16H11ClF3N5OS. The van der Waals surface area contributed by atoms with Crippen LogP contribution in [0.3, 0.4) is 0 Å². The number of rotatable bonds is 5. The number of aromatic amines is 1. The van der Waals surface area contributed by atoms with E-state index in [-0.39, 0.29) is 16.5 Å². The van der Waals surface area contributed by atoms with Gasteiger partial charge in [0.1, 0.15) is 5.69 Å². The second kappa shape index (κ2) is 7.97. The van der Waals surface area contributed by atoms with Crippen molar-refractivity contribution in [3.63, 3.8) is 0 Å². The van der Waals surface area contributed by atoms with Crippen molar-refractivity contribution >= 4 is 35.0 Å². The number of pyridine rings is 1. The number of nitrogens with one attached hydrogen (secondary N) is 2. The standard InChI is InChI=1S/C16H11ClF3N5OS/c17-10-5-4-9(16(18,19)20)7-12(10)22-13(26)8-27-15-23-14(24-25-15)11-3-1-2-6-21-11/h1-7H,8H2,(H,22,26)(H,23,24,25). The average Bonchev–Trinajstić information content (AvgIpc) is 3.11. The third kappa shape index (κ3) is 4.98. The number of alkyl halides is 3. The van der Waals surface area contributed by atoms with Crippen molar-refractivity contribution in [2.45, 2.75) is 11.3 Å². The molecule has 1 aromatic carbocycles. The van der Waals surface area contributed by atoms with Crippen LogP contribution in [-0.2, 0) is 11.0 Å². The lowest BCUT2D eigenvalue weighted by molar-refractivity contribution is -0.137. The van der Waals surface area contributed by atoms with Gasteiger partial charge in [0.15, 0.2) is 5.82 Å². The lowest BCUT2D eigenvalue weighted by Gasteiger charge is -2.11. The van der Waals surface area contributed by atoms with Gasteiger partial charge in [-0.15, -0.1) is 5.10 Å². The Balaban J connectivity index is 1.62. The number of halogens is 4. The van der Waals surface area contributed by atoms with Crippen LogP contribution in [0.15, 0.2) is 47.8 Å². The highest BCUT2D eigenvalue weighted by Crippen LogP contribution is 2.33. The van der Waals surface area contributed by atoms with E-state index in [1.165, 1.54) is 0 Å². The van der Waals surface area contributed by atoms with E-state index in [0.717, 1.165) is 30.0 Å². The molecule has 0 aliphatic heterocycles. The van der Waals surface area contributed by atoms with Crippen LogP contribution >= 0.6 is 23.4 Å². The second-order valence-electron chi connectivity index (χ2n) is 5.21. The Labute approximate surface area is 160 Å². The minimum absolute atomic E-state index is 0.0108. The quantitative estimate of drug-likeness (QED) is 0.610. The van der Waals surface area contributed by atoms with E-state index in [0.29, 0.717) is 16.7 Å². The molecule has 2 N–H and O–H groups in total. The zero-order valence-electron chi connectivity index (χ0n) is 13.4. The molecule has 140 valence electrons. The molecule has 1 amide bonds. The smallest absolute Gasteiger partial charge is 0.324 e. The number of anilines is 1. The summed E-state index contributed by atoms with van der Waals surface area (Å²) >= 11 is 6.87. The number of hydrogen-bond acceptors (Lipinski definition) is 5. The van der Waals surface area contributed by atoms with Crippen molar-refractivity contribution in [2.75, 3.05) is 11.1 Å². The topological polar surface area (TPSA) is 83.6 Å². The van der Waals surface area contributed by atoms with Gasteiger partial charge in [-0.05, 0) is 30.3 Å². The summed E-state index contributed by atoms with van der Waals surface area (Å²) in [7, 11) is 0. The number of benzene rings is 1. The first-order valence-corrected chi connectivity index (χ1v) is 8.82. The molecular weight excluding hydrogens is 403 g/mol. The Bertz CT molecular complexity index is 949. The first-order chi connectivity index (χ1) is 12.8. The molecule has 0 fully saturated rings. The summed E-state index contributed by atoms with van der Waals surface area (Å²) in [6, 6.07) is 8.03. The zero-order valence-corrected chi connectivity index (χ0v) is 15.0. The fourth-order valence-electron chi connectivity index (χ4n) is 2.04. The minimum atomic E-state index is -4.53. The van der Waals surface area contributed by atoms with Crippen molar-refractivity contribution < 1.29 is 18.0 Å². The summed E-state index contributed by atoms with van der Waals surface area (Å²) in [5.41, 5.74) is -0.415. The molecule has 2 aromatic heterocycles. The van der Waals surface area contributed by atoms with E-state index in [2.05, 4.69) is 25.5 Å². The molecule has 6 nitrogen and oxygen atoms in total. The molecule has 0 saturated carbocycles. The van der Waals surface area contributed by atoms with E-state index < -0.39 is 17.6 Å². The maximum absolute atomic E-state index is 12.8. The van der Waals surface area contributed by atoms with Crippen molar-refractivity contribution in [3.8, 4) is 11.5 Å². The first-order valence-electron chi connectivity index (χ1n) is 7.46. The van der Waals surface area contributed by atoms with Gasteiger partial charge in [0.05, 0.1) is 22.0 Å². The van der Waals surface area contributed by atoms with Gasteiger partial charge in [-0.1, -0.05) is 29.4 Å². The summed E-state index contributed by atoms with van der Waals surface area (Å²) in [4.78, 5) is 20.4. The predicted molar refractivity (Wildman–Crippen MR) is 95.4 cm³/mol. The molecule has 0 saturated heterocycles. The molecule has 3 aromatic rings. The van der Waals surface area contributed by atoms with Crippen molar-refractivity contribution in [2.24, 2.45) is 0 Å². The second-order valence-corrected chi connectivity index (χ2v) is 6.56. The maximum atomic E-state index is 12.8. The Morgan fingerprint density at radius 3 is 2.78 bits per heavy atom. The summed E-state index contributed by atoms with van der Waals surface area (Å²) < 4.78 is 38.3. The number of carbonyl (C=O) groups is 1. The van der Waals surface area contributed by atoms with Gasteiger partial charge in [0, 0.05) is 6.20 Å². The molecule has 2 heterocycles. The van der Waals surface area contributed by atoms with E-state index >= 15 is 0 Å². The molecule has 27 heavy (non-hydrogen) atoms. The van der Waals surface area contributed by atoms with Crippen LogP contribution in [-0.4, -0.2) is 31.8 Å². The number of aromatic nitrogens is 4. The SMILES string of the molecule is O=C(CSc1n[nH]c(-c2ccccn2)n1)Nc1cc(C(F)(F)F)ccc1Cl. The fourth-order valence-corrected chi connectivity index (χ4v) is 2.81. The van der Waals surface area contributed by atoms with Crippen LogP contribution in [0.5, 0.6) is 0 Å². The van der Waals surface area contributed by atoms with Gasteiger partial charge >= 0.3 is 6.18 Å². The monoisotopic (exact) mass is 413 g/mol. The van der Waals surface area contributed by atoms with Gasteiger partial charge in [-0.25, -0.2) is 0 Å². The third-order valence-corrected chi connectivity index (χ3v) is 4.45. The Morgan fingerprint density at radius 2 is 2.07 bits per heavy atom. The Kier molecular flexibility index (Phi) is 5.66.